The van der Waals surface area contributed by atoms with Crippen molar-refractivity contribution in [3.05, 3.63) is 22.8 Å². The highest BCUT2D eigenvalue weighted by Gasteiger charge is 2.13. The molecule has 1 aromatic rings. The Balaban J connectivity index is 3.15. The molecule has 4 nitrogen and oxygen atoms in total. The molecule has 0 aliphatic heterocycles. The summed E-state index contributed by atoms with van der Waals surface area (Å²) in [6.07, 6.45) is 0.576. The molecular weight excluding hydrogens is 194 g/mol. The van der Waals surface area contributed by atoms with Crippen LogP contribution in [-0.2, 0) is 11.3 Å². The van der Waals surface area contributed by atoms with Gasteiger partial charge in [-0.1, -0.05) is 0 Å². The molecule has 0 saturated carbocycles. The number of aromatic hydroxyl groups is 1. The standard InChI is InChI=1S/C11H17NO3/c1-7-6-10(14-3)11(13)9(8(7)2)4-5-15-12/h6,13H,4-5,12H2,1-3H3. The lowest BCUT2D eigenvalue weighted by molar-refractivity contribution is 0.140. The van der Waals surface area contributed by atoms with Crippen molar-refractivity contribution in [2.75, 3.05) is 13.7 Å². The van der Waals surface area contributed by atoms with E-state index in [4.69, 9.17) is 10.6 Å². The number of nitrogens with two attached hydrogens (primary N) is 1. The van der Waals surface area contributed by atoms with Crippen LogP contribution in [0.15, 0.2) is 6.07 Å². The Labute approximate surface area is 89.6 Å². The van der Waals surface area contributed by atoms with Crippen molar-refractivity contribution >= 4 is 0 Å². The topological polar surface area (TPSA) is 64.7 Å². The van der Waals surface area contributed by atoms with Crippen LogP contribution in [0.1, 0.15) is 16.7 Å². The number of ether oxygens (including phenoxy) is 1. The number of hydrogen-bond acceptors (Lipinski definition) is 4. The molecule has 0 amide bonds. The fourth-order valence-electron chi connectivity index (χ4n) is 1.56. The van der Waals surface area contributed by atoms with Gasteiger partial charge in [0, 0.05) is 12.0 Å². The number of methoxy groups -OCH3 is 1. The average Bonchev–Trinajstić information content (AvgIpc) is 2.23. The first-order chi connectivity index (χ1) is 7.11. The van der Waals surface area contributed by atoms with E-state index in [1.165, 1.54) is 7.11 Å². The van der Waals surface area contributed by atoms with Gasteiger partial charge in [-0.15, -0.1) is 0 Å². The first-order valence-electron chi connectivity index (χ1n) is 4.79. The molecule has 0 bridgehead atoms. The van der Waals surface area contributed by atoms with Crippen molar-refractivity contribution in [1.29, 1.82) is 0 Å². The minimum Gasteiger partial charge on any atom is -0.504 e. The Hall–Kier alpha value is -1.26. The number of aryl methyl sites for hydroxylation is 1. The molecule has 0 radical (unpaired) electrons. The van der Waals surface area contributed by atoms with E-state index >= 15 is 0 Å². The van der Waals surface area contributed by atoms with Gasteiger partial charge in [-0.25, -0.2) is 5.90 Å². The highest BCUT2D eigenvalue weighted by atomic mass is 16.6. The van der Waals surface area contributed by atoms with Crippen LogP contribution in [0.3, 0.4) is 0 Å². The maximum absolute atomic E-state index is 9.90. The molecular formula is C11H17NO3. The summed E-state index contributed by atoms with van der Waals surface area (Å²) < 4.78 is 5.08. The molecule has 0 saturated heterocycles. The van der Waals surface area contributed by atoms with Gasteiger partial charge in [-0.2, -0.15) is 0 Å². The van der Waals surface area contributed by atoms with Gasteiger partial charge in [0.25, 0.3) is 0 Å². The van der Waals surface area contributed by atoms with Crippen molar-refractivity contribution in [1.82, 2.24) is 0 Å². The lowest BCUT2D eigenvalue weighted by Gasteiger charge is -2.14. The van der Waals surface area contributed by atoms with Crippen molar-refractivity contribution < 1.29 is 14.7 Å². The number of hydrogen-bond donors (Lipinski definition) is 2. The van der Waals surface area contributed by atoms with E-state index < -0.39 is 0 Å². The lowest BCUT2D eigenvalue weighted by atomic mass is 9.99. The van der Waals surface area contributed by atoms with Crippen LogP contribution in [0.4, 0.5) is 0 Å². The molecule has 1 aromatic carbocycles. The van der Waals surface area contributed by atoms with Gasteiger partial charge in [-0.3, -0.25) is 0 Å². The van der Waals surface area contributed by atoms with E-state index in [1.807, 2.05) is 19.9 Å². The molecule has 0 aromatic heterocycles. The van der Waals surface area contributed by atoms with Gasteiger partial charge < -0.3 is 14.7 Å². The van der Waals surface area contributed by atoms with Crippen LogP contribution in [0.2, 0.25) is 0 Å². The van der Waals surface area contributed by atoms with Crippen molar-refractivity contribution in [3.63, 3.8) is 0 Å². The van der Waals surface area contributed by atoms with E-state index in [1.54, 1.807) is 0 Å². The minimum atomic E-state index is 0.178. The van der Waals surface area contributed by atoms with E-state index in [0.717, 1.165) is 16.7 Å². The maximum atomic E-state index is 9.90. The lowest BCUT2D eigenvalue weighted by Crippen LogP contribution is -2.06. The van der Waals surface area contributed by atoms with Gasteiger partial charge in [0.1, 0.15) is 0 Å². The molecule has 0 spiro atoms. The average molecular weight is 211 g/mol. The summed E-state index contributed by atoms with van der Waals surface area (Å²) in [4.78, 5) is 4.52. The van der Waals surface area contributed by atoms with Crippen LogP contribution in [0.25, 0.3) is 0 Å². The summed E-state index contributed by atoms with van der Waals surface area (Å²) in [5, 5.41) is 9.90. The monoisotopic (exact) mass is 211 g/mol. The molecule has 0 aliphatic carbocycles. The molecule has 0 aliphatic rings. The van der Waals surface area contributed by atoms with Gasteiger partial charge in [0.05, 0.1) is 13.7 Å². The fraction of sp³-hybridized carbons (Fsp3) is 0.455. The zero-order valence-corrected chi connectivity index (χ0v) is 9.33. The molecule has 0 unspecified atom stereocenters. The van der Waals surface area contributed by atoms with E-state index in [9.17, 15) is 5.11 Å². The second-order valence-electron chi connectivity index (χ2n) is 3.47. The van der Waals surface area contributed by atoms with Crippen LogP contribution in [-0.4, -0.2) is 18.8 Å². The largest absolute Gasteiger partial charge is 0.504 e. The van der Waals surface area contributed by atoms with Crippen LogP contribution in [0, 0.1) is 13.8 Å². The zero-order chi connectivity index (χ0) is 11.4. The van der Waals surface area contributed by atoms with Crippen molar-refractivity contribution in [2.24, 2.45) is 5.90 Å². The highest BCUT2D eigenvalue weighted by molar-refractivity contribution is 5.53. The SMILES string of the molecule is COc1cc(C)c(C)c(CCON)c1O. The third kappa shape index (κ3) is 2.40. The molecule has 3 N–H and O–H groups in total. The van der Waals surface area contributed by atoms with E-state index in [-0.39, 0.29) is 5.75 Å². The summed E-state index contributed by atoms with van der Waals surface area (Å²) in [7, 11) is 1.53. The van der Waals surface area contributed by atoms with Gasteiger partial charge in [0.15, 0.2) is 11.5 Å². The molecule has 0 atom stereocenters. The van der Waals surface area contributed by atoms with Gasteiger partial charge in [0.2, 0.25) is 0 Å². The Morgan fingerprint density at radius 1 is 1.40 bits per heavy atom. The third-order valence-corrected chi connectivity index (χ3v) is 2.60. The Kier molecular flexibility index (Phi) is 3.94. The van der Waals surface area contributed by atoms with E-state index in [0.29, 0.717) is 18.8 Å². The summed E-state index contributed by atoms with van der Waals surface area (Å²) >= 11 is 0. The van der Waals surface area contributed by atoms with Crippen LogP contribution >= 0.6 is 0 Å². The quantitative estimate of drug-likeness (QED) is 0.740. The van der Waals surface area contributed by atoms with Gasteiger partial charge >= 0.3 is 0 Å². The number of phenols is 1. The van der Waals surface area contributed by atoms with Crippen molar-refractivity contribution in [2.45, 2.75) is 20.3 Å². The number of benzene rings is 1. The Bertz CT molecular complexity index is 350. The smallest absolute Gasteiger partial charge is 0.161 e. The van der Waals surface area contributed by atoms with Crippen molar-refractivity contribution in [3.8, 4) is 11.5 Å². The zero-order valence-electron chi connectivity index (χ0n) is 9.33. The van der Waals surface area contributed by atoms with E-state index in [2.05, 4.69) is 4.84 Å². The summed E-state index contributed by atoms with van der Waals surface area (Å²) in [5.74, 6) is 5.64. The predicted molar refractivity (Wildman–Crippen MR) is 58.0 cm³/mol. The molecule has 84 valence electrons. The fourth-order valence-corrected chi connectivity index (χ4v) is 1.56. The molecule has 0 fully saturated rings. The maximum Gasteiger partial charge on any atom is 0.161 e. The number of rotatable bonds is 4. The highest BCUT2D eigenvalue weighted by Crippen LogP contribution is 2.34. The van der Waals surface area contributed by atoms with Gasteiger partial charge in [-0.05, 0) is 31.0 Å². The Morgan fingerprint density at radius 3 is 2.60 bits per heavy atom. The molecule has 0 heterocycles. The predicted octanol–water partition coefficient (Wildman–Crippen LogP) is 1.45. The van der Waals surface area contributed by atoms with Crippen LogP contribution < -0.4 is 10.6 Å². The normalized spacial score (nSPS) is 10.4. The first-order valence-corrected chi connectivity index (χ1v) is 4.79. The second-order valence-corrected chi connectivity index (χ2v) is 3.47. The third-order valence-electron chi connectivity index (χ3n) is 2.60. The molecule has 1 rings (SSSR count). The Morgan fingerprint density at radius 2 is 2.07 bits per heavy atom. The molecule has 4 heteroatoms. The molecule has 15 heavy (non-hydrogen) atoms. The summed E-state index contributed by atoms with van der Waals surface area (Å²) in [6, 6.07) is 1.82. The summed E-state index contributed by atoms with van der Waals surface area (Å²) in [5.41, 5.74) is 2.96. The second kappa shape index (κ2) is 5.00. The summed E-state index contributed by atoms with van der Waals surface area (Å²) in [6.45, 7) is 4.31. The minimum absolute atomic E-state index is 0.178. The first kappa shape index (κ1) is 11.8. The number of phenolic OH excluding ortho intramolecular Hbond substituents is 1. The van der Waals surface area contributed by atoms with Crippen LogP contribution in [0.5, 0.6) is 11.5 Å².